The van der Waals surface area contributed by atoms with Crippen LogP contribution in [0.1, 0.15) is 91.0 Å². The molecule has 14 nitrogen and oxygen atoms in total. The van der Waals surface area contributed by atoms with E-state index in [9.17, 15) is 19.2 Å². The summed E-state index contributed by atoms with van der Waals surface area (Å²) >= 11 is 0. The number of nitrogens with zero attached hydrogens (tertiary/aromatic N) is 6. The number of nitrogen functional groups attached to an aromatic ring is 1. The lowest BCUT2D eigenvalue weighted by molar-refractivity contribution is -0.127. The summed E-state index contributed by atoms with van der Waals surface area (Å²) in [5.74, 6) is 0.750. The van der Waals surface area contributed by atoms with E-state index in [2.05, 4.69) is 30.2 Å². The van der Waals surface area contributed by atoms with Crippen LogP contribution >= 0.6 is 0 Å². The molecular formula is C44H49N9O5. The van der Waals surface area contributed by atoms with Gasteiger partial charge in [-0.05, 0) is 93.7 Å². The van der Waals surface area contributed by atoms with E-state index in [-0.39, 0.29) is 36.9 Å². The molecule has 8 rings (SSSR count). The van der Waals surface area contributed by atoms with Crippen LogP contribution in [-0.4, -0.2) is 91.8 Å². The number of nitrogens with one attached hydrogen (secondary N) is 2. The first kappa shape index (κ1) is 38.7. The minimum atomic E-state index is -1.37. The van der Waals surface area contributed by atoms with E-state index in [4.69, 9.17) is 15.6 Å². The molecule has 0 bridgehead atoms. The van der Waals surface area contributed by atoms with Gasteiger partial charge in [0.1, 0.15) is 41.2 Å². The molecule has 4 N–H and O–H groups in total. The Morgan fingerprint density at radius 2 is 1.67 bits per heavy atom. The number of aldehydes is 1. The molecule has 3 aliphatic rings. The number of para-hydroxylation sites is 1. The van der Waals surface area contributed by atoms with Crippen LogP contribution in [0.4, 0.5) is 11.5 Å². The Hall–Kier alpha value is -6.15. The summed E-state index contributed by atoms with van der Waals surface area (Å²) in [7, 11) is 0. The van der Waals surface area contributed by atoms with Crippen LogP contribution in [0.3, 0.4) is 0 Å². The Morgan fingerprint density at radius 3 is 2.45 bits per heavy atom. The summed E-state index contributed by atoms with van der Waals surface area (Å²) in [5, 5.41) is 11.9. The van der Waals surface area contributed by atoms with Crippen LogP contribution < -0.4 is 21.1 Å². The number of ether oxygens (including phenoxy) is 1. The Morgan fingerprint density at radius 1 is 0.897 bits per heavy atom. The smallest absolute Gasteiger partial charge is 0.264 e. The summed E-state index contributed by atoms with van der Waals surface area (Å²) in [4.78, 5) is 63.4. The molecule has 3 aromatic carbocycles. The zero-order chi connectivity index (χ0) is 40.1. The number of imide groups is 1. The summed E-state index contributed by atoms with van der Waals surface area (Å²) < 4.78 is 8.06. The van der Waals surface area contributed by atoms with Gasteiger partial charge >= 0.3 is 0 Å². The van der Waals surface area contributed by atoms with Gasteiger partial charge in [-0.25, -0.2) is 14.6 Å². The maximum Gasteiger partial charge on any atom is 0.264 e. The van der Waals surface area contributed by atoms with E-state index in [0.29, 0.717) is 29.9 Å². The van der Waals surface area contributed by atoms with Gasteiger partial charge in [-0.15, -0.1) is 0 Å². The molecule has 300 valence electrons. The van der Waals surface area contributed by atoms with Crippen molar-refractivity contribution < 1.29 is 23.9 Å². The van der Waals surface area contributed by atoms with Crippen LogP contribution in [0.25, 0.3) is 22.3 Å². The molecule has 14 heteroatoms. The van der Waals surface area contributed by atoms with Gasteiger partial charge < -0.3 is 30.8 Å². The van der Waals surface area contributed by atoms with Crippen molar-refractivity contribution in [3.63, 3.8) is 0 Å². The van der Waals surface area contributed by atoms with Gasteiger partial charge in [-0.2, -0.15) is 5.10 Å². The Bertz CT molecular complexity index is 2280. The molecule has 0 spiro atoms. The third-order valence-corrected chi connectivity index (χ3v) is 11.6. The first-order valence-corrected chi connectivity index (χ1v) is 20.4. The van der Waals surface area contributed by atoms with Crippen molar-refractivity contribution in [2.75, 3.05) is 43.8 Å². The van der Waals surface area contributed by atoms with Crippen LogP contribution in [0.5, 0.6) is 11.5 Å². The number of carbonyl (C=O) groups excluding carboxylic acids is 4. The van der Waals surface area contributed by atoms with E-state index in [0.717, 1.165) is 110 Å². The number of anilines is 2. The quantitative estimate of drug-likeness (QED) is 0.0573. The number of amides is 3. The molecule has 58 heavy (non-hydrogen) atoms. The molecule has 5 heterocycles. The summed E-state index contributed by atoms with van der Waals surface area (Å²) in [6, 6.07) is 22.9. The van der Waals surface area contributed by atoms with Gasteiger partial charge in [0.25, 0.3) is 11.8 Å². The lowest BCUT2D eigenvalue weighted by atomic mass is 9.89. The predicted molar refractivity (Wildman–Crippen MR) is 221 cm³/mol. The van der Waals surface area contributed by atoms with E-state index < -0.39 is 17.4 Å². The van der Waals surface area contributed by atoms with E-state index in [1.807, 2.05) is 54.6 Å². The van der Waals surface area contributed by atoms with Crippen molar-refractivity contribution in [3.05, 3.63) is 90.3 Å². The van der Waals surface area contributed by atoms with Crippen molar-refractivity contribution in [3.8, 4) is 22.8 Å². The fraction of sp³-hybridized carbons (Fsp3) is 0.386. The Labute approximate surface area is 337 Å². The lowest BCUT2D eigenvalue weighted by Crippen LogP contribution is -2.62. The highest BCUT2D eigenvalue weighted by Gasteiger charge is 2.51. The van der Waals surface area contributed by atoms with Gasteiger partial charge in [0, 0.05) is 37.3 Å². The normalized spacial score (nSPS) is 19.6. The number of rotatable bonds is 16. The summed E-state index contributed by atoms with van der Waals surface area (Å²) in [6.07, 6.45) is 10.9. The maximum absolute atomic E-state index is 13.6. The van der Waals surface area contributed by atoms with Gasteiger partial charge in [-0.1, -0.05) is 49.9 Å². The lowest BCUT2D eigenvalue weighted by Gasteiger charge is -2.38. The fourth-order valence-electron chi connectivity index (χ4n) is 8.52. The zero-order valence-electron chi connectivity index (χ0n) is 32.6. The van der Waals surface area contributed by atoms with Gasteiger partial charge in [-0.3, -0.25) is 19.3 Å². The number of aromatic nitrogens is 4. The zero-order valence-corrected chi connectivity index (χ0v) is 32.6. The number of hydrogen-bond acceptors (Lipinski definition) is 11. The molecule has 0 saturated carbocycles. The molecule has 2 saturated heterocycles. The van der Waals surface area contributed by atoms with Crippen molar-refractivity contribution in [2.24, 2.45) is 0 Å². The first-order valence-electron chi connectivity index (χ1n) is 20.4. The van der Waals surface area contributed by atoms with E-state index in [1.165, 1.54) is 6.33 Å². The fourth-order valence-corrected chi connectivity index (χ4v) is 8.52. The highest BCUT2D eigenvalue weighted by Crippen LogP contribution is 2.37. The number of likely N-dealkylation sites (tertiary alicyclic amines) is 1. The molecule has 3 aliphatic heterocycles. The number of carbonyl (C=O) groups is 4. The second-order valence-electron chi connectivity index (χ2n) is 15.5. The summed E-state index contributed by atoms with van der Waals surface area (Å²) in [5.41, 5.74) is 8.70. The average Bonchev–Trinajstić information content (AvgIpc) is 3.77. The van der Waals surface area contributed by atoms with E-state index >= 15 is 0 Å². The standard InChI is InChI=1S/C44H49N9O5/c45-40-38-39(30-17-19-33(20-18-30)58-32-13-6-5-7-14-32)50-53(41(38)49-29-48-40)31-12-11-25-51(26-31)24-9-4-2-1-3-8-23-46-35-16-10-15-34-37(35)43(57)52(42(34)56)44(28-54)22-21-36(55)47-27-44/h5-7,10,13-20,28-29,31,46H,1-4,8-9,11-12,21-27H2,(H,47,55)(H2,45,48,49). The highest BCUT2D eigenvalue weighted by molar-refractivity contribution is 6.25. The monoisotopic (exact) mass is 783 g/mol. The second kappa shape index (κ2) is 17.1. The van der Waals surface area contributed by atoms with E-state index in [1.54, 1.807) is 18.2 Å². The molecule has 2 atom stereocenters. The number of hydrogen-bond donors (Lipinski definition) is 3. The molecule has 2 fully saturated rings. The number of fused-ring (bicyclic) bond motifs is 2. The highest BCUT2D eigenvalue weighted by atomic mass is 16.5. The Kier molecular flexibility index (Phi) is 11.4. The molecule has 0 radical (unpaired) electrons. The van der Waals surface area contributed by atoms with Gasteiger partial charge in [0.15, 0.2) is 5.65 Å². The van der Waals surface area contributed by atoms with Crippen LogP contribution in [-0.2, 0) is 9.59 Å². The largest absolute Gasteiger partial charge is 0.457 e. The van der Waals surface area contributed by atoms with Crippen LogP contribution in [0, 0.1) is 0 Å². The number of unbranched alkanes of at least 4 members (excludes halogenated alkanes) is 5. The third-order valence-electron chi connectivity index (χ3n) is 11.6. The van der Waals surface area contributed by atoms with Crippen molar-refractivity contribution in [1.82, 2.24) is 34.9 Å². The van der Waals surface area contributed by atoms with Gasteiger partial charge in [0.05, 0.1) is 22.6 Å². The average molecular weight is 784 g/mol. The SMILES string of the molecule is Nc1ncnc2c1c(-c1ccc(Oc3ccccc3)cc1)nn2C1CCCN(CCCCCCCCNc2cccc3c2C(=O)N(C2(C=O)CCC(=O)NC2)C3=O)C1. The number of benzene rings is 3. The Balaban J connectivity index is 0.793. The topological polar surface area (TPSA) is 178 Å². The molecule has 2 unspecified atom stereocenters. The molecular weight excluding hydrogens is 735 g/mol. The predicted octanol–water partition coefficient (Wildman–Crippen LogP) is 6.40. The molecule has 5 aromatic rings. The first-order chi connectivity index (χ1) is 28.3. The van der Waals surface area contributed by atoms with Crippen molar-refractivity contribution >= 4 is 46.5 Å². The van der Waals surface area contributed by atoms with Crippen LogP contribution in [0.2, 0.25) is 0 Å². The number of piperidine rings is 2. The summed E-state index contributed by atoms with van der Waals surface area (Å²) in [6.45, 7) is 3.59. The minimum Gasteiger partial charge on any atom is -0.457 e. The number of nitrogens with two attached hydrogens (primary N) is 1. The van der Waals surface area contributed by atoms with Crippen molar-refractivity contribution in [1.29, 1.82) is 0 Å². The second-order valence-corrected chi connectivity index (χ2v) is 15.5. The van der Waals surface area contributed by atoms with Gasteiger partial charge in [0.2, 0.25) is 5.91 Å². The maximum atomic E-state index is 13.6. The molecule has 0 aliphatic carbocycles. The molecule has 3 amide bonds. The molecule has 2 aromatic heterocycles. The minimum absolute atomic E-state index is 0.0687. The van der Waals surface area contributed by atoms with Crippen LogP contribution in [0.15, 0.2) is 79.1 Å². The van der Waals surface area contributed by atoms with Crippen molar-refractivity contribution in [2.45, 2.75) is 75.8 Å². The third kappa shape index (κ3) is 7.88.